The lowest BCUT2D eigenvalue weighted by molar-refractivity contribution is 0.00316. The van der Waals surface area contributed by atoms with Crippen LogP contribution in [0.4, 0.5) is 4.79 Å². The quantitative estimate of drug-likeness (QED) is 0.807. The fourth-order valence-electron chi connectivity index (χ4n) is 3.75. The molecule has 1 atom stereocenters. The Labute approximate surface area is 127 Å². The van der Waals surface area contributed by atoms with E-state index < -0.39 is 0 Å². The summed E-state index contributed by atoms with van der Waals surface area (Å²) in [6, 6.07) is 0.131. The summed E-state index contributed by atoms with van der Waals surface area (Å²) in [5.74, 6) is 0.558. The average molecular weight is 304 g/mol. The van der Waals surface area contributed by atoms with Gasteiger partial charge in [0.2, 0.25) is 0 Å². The molecule has 2 N–H and O–H groups in total. The van der Waals surface area contributed by atoms with Gasteiger partial charge in [-0.2, -0.15) is 0 Å². The Kier molecular flexibility index (Phi) is 5.52. The first-order valence-corrected chi connectivity index (χ1v) is 7.61. The molecule has 0 aromatic carbocycles. The van der Waals surface area contributed by atoms with E-state index >= 15 is 0 Å². The number of hydrogen-bond acceptors (Lipinski definition) is 3. The van der Waals surface area contributed by atoms with Gasteiger partial charge in [0.05, 0.1) is 0 Å². The van der Waals surface area contributed by atoms with Crippen LogP contribution in [0.5, 0.6) is 0 Å². The summed E-state index contributed by atoms with van der Waals surface area (Å²) in [5, 5.41) is 6.65. The van der Waals surface area contributed by atoms with E-state index in [2.05, 4.69) is 10.6 Å². The van der Waals surface area contributed by atoms with Gasteiger partial charge >= 0.3 is 6.03 Å². The first kappa shape index (κ1) is 15.9. The summed E-state index contributed by atoms with van der Waals surface area (Å²) in [4.78, 5) is 14.0. The Morgan fingerprint density at radius 2 is 2.00 bits per heavy atom. The van der Waals surface area contributed by atoms with Crippen LogP contribution in [0.3, 0.4) is 0 Å². The number of likely N-dealkylation sites (tertiary alicyclic amines) is 1. The molecule has 0 saturated carbocycles. The maximum Gasteiger partial charge on any atom is 0.317 e. The molecule has 116 valence electrons. The second-order valence-corrected chi connectivity index (χ2v) is 6.18. The summed E-state index contributed by atoms with van der Waals surface area (Å²) >= 11 is 0. The monoisotopic (exact) mass is 303 g/mol. The number of urea groups is 1. The molecule has 2 amide bonds. The smallest absolute Gasteiger partial charge is 0.317 e. The molecule has 3 saturated heterocycles. The lowest BCUT2D eigenvalue weighted by Crippen LogP contribution is -2.45. The van der Waals surface area contributed by atoms with Crippen molar-refractivity contribution in [3.05, 3.63) is 0 Å². The maximum absolute atomic E-state index is 12.0. The summed E-state index contributed by atoms with van der Waals surface area (Å²) < 4.78 is 5.49. The first-order valence-electron chi connectivity index (χ1n) is 7.61. The van der Waals surface area contributed by atoms with Crippen LogP contribution < -0.4 is 10.6 Å². The van der Waals surface area contributed by atoms with Crippen LogP contribution in [0, 0.1) is 11.3 Å². The van der Waals surface area contributed by atoms with Gasteiger partial charge in [-0.3, -0.25) is 0 Å². The Morgan fingerprint density at radius 3 is 2.70 bits per heavy atom. The normalized spacial score (nSPS) is 28.4. The number of amides is 2. The molecule has 6 heteroatoms. The number of rotatable bonds is 2. The number of carbonyl (C=O) groups excluding carboxylic acids is 1. The minimum Gasteiger partial charge on any atom is -0.381 e. The van der Waals surface area contributed by atoms with Gasteiger partial charge < -0.3 is 20.3 Å². The molecule has 3 aliphatic rings. The Hall–Kier alpha value is -0.520. The number of nitrogens with zero attached hydrogens (tertiary/aromatic N) is 1. The summed E-state index contributed by atoms with van der Waals surface area (Å²) in [6.45, 7) is 6.52. The number of hydrogen-bond donors (Lipinski definition) is 2. The molecule has 1 unspecified atom stereocenters. The van der Waals surface area contributed by atoms with Crippen molar-refractivity contribution in [3.8, 4) is 0 Å². The first-order chi connectivity index (χ1) is 9.30. The molecule has 0 bridgehead atoms. The zero-order chi connectivity index (χ0) is 13.1. The van der Waals surface area contributed by atoms with Crippen molar-refractivity contribution in [2.45, 2.75) is 25.7 Å². The Morgan fingerprint density at radius 1 is 1.30 bits per heavy atom. The van der Waals surface area contributed by atoms with E-state index in [0.29, 0.717) is 11.3 Å². The zero-order valence-electron chi connectivity index (χ0n) is 12.0. The highest BCUT2D eigenvalue weighted by Crippen LogP contribution is 2.40. The second-order valence-electron chi connectivity index (χ2n) is 6.18. The van der Waals surface area contributed by atoms with Gasteiger partial charge in [0.15, 0.2) is 0 Å². The molecule has 0 aromatic rings. The summed E-state index contributed by atoms with van der Waals surface area (Å²) in [5.41, 5.74) is 0.358. The van der Waals surface area contributed by atoms with Crippen molar-refractivity contribution in [2.24, 2.45) is 11.3 Å². The fourth-order valence-corrected chi connectivity index (χ4v) is 3.75. The fraction of sp³-hybridized carbons (Fsp3) is 0.929. The molecule has 0 aromatic heterocycles. The van der Waals surface area contributed by atoms with Crippen molar-refractivity contribution in [3.63, 3.8) is 0 Å². The van der Waals surface area contributed by atoms with Crippen molar-refractivity contribution in [2.75, 3.05) is 45.9 Å². The minimum atomic E-state index is 0. The molecular formula is C14H26ClN3O2. The summed E-state index contributed by atoms with van der Waals surface area (Å²) in [6.07, 6.45) is 4.56. The third-order valence-corrected chi connectivity index (χ3v) is 5.12. The second kappa shape index (κ2) is 6.96. The molecule has 3 aliphatic heterocycles. The van der Waals surface area contributed by atoms with E-state index in [-0.39, 0.29) is 18.4 Å². The van der Waals surface area contributed by atoms with Gasteiger partial charge in [-0.25, -0.2) is 4.79 Å². The largest absolute Gasteiger partial charge is 0.381 e. The van der Waals surface area contributed by atoms with Crippen molar-refractivity contribution in [1.82, 2.24) is 15.5 Å². The molecule has 3 fully saturated rings. The van der Waals surface area contributed by atoms with Crippen molar-refractivity contribution >= 4 is 18.4 Å². The van der Waals surface area contributed by atoms with Gasteiger partial charge in [-0.15, -0.1) is 12.4 Å². The van der Waals surface area contributed by atoms with E-state index in [4.69, 9.17) is 4.74 Å². The van der Waals surface area contributed by atoms with Gasteiger partial charge in [-0.05, 0) is 37.0 Å². The van der Waals surface area contributed by atoms with Crippen molar-refractivity contribution in [1.29, 1.82) is 0 Å². The minimum absolute atomic E-state index is 0. The molecular weight excluding hydrogens is 278 g/mol. The van der Waals surface area contributed by atoms with Crippen molar-refractivity contribution < 1.29 is 9.53 Å². The predicted octanol–water partition coefficient (Wildman–Crippen LogP) is 1.23. The zero-order valence-corrected chi connectivity index (χ0v) is 12.8. The third kappa shape index (κ3) is 3.21. The molecule has 0 aliphatic carbocycles. The average Bonchev–Trinajstić information content (AvgIpc) is 3.08. The highest BCUT2D eigenvalue weighted by atomic mass is 35.5. The van der Waals surface area contributed by atoms with Crippen LogP contribution in [0.2, 0.25) is 0 Å². The van der Waals surface area contributed by atoms with E-state index in [1.165, 1.54) is 0 Å². The summed E-state index contributed by atoms with van der Waals surface area (Å²) in [7, 11) is 0. The molecule has 3 rings (SSSR count). The Bertz CT molecular complexity index is 328. The third-order valence-electron chi connectivity index (χ3n) is 5.12. The molecule has 0 radical (unpaired) electrons. The molecule has 20 heavy (non-hydrogen) atoms. The van der Waals surface area contributed by atoms with Gasteiger partial charge in [0.1, 0.15) is 0 Å². The van der Waals surface area contributed by atoms with Crippen LogP contribution in [-0.4, -0.2) is 56.9 Å². The van der Waals surface area contributed by atoms with E-state index in [9.17, 15) is 4.79 Å². The van der Waals surface area contributed by atoms with Gasteiger partial charge in [0, 0.05) is 45.9 Å². The SMILES string of the molecule is Cl.O=C(NCC1CNCC12CCOCC2)N1CCCC1. The number of nitrogens with one attached hydrogen (secondary N) is 2. The standard InChI is InChI=1S/C14H25N3O2.ClH/c18-13(17-5-1-2-6-17)16-10-12-9-15-11-14(12)3-7-19-8-4-14;/h12,15H,1-11H2,(H,16,18);1H. The van der Waals surface area contributed by atoms with Crippen LogP contribution in [-0.2, 0) is 4.74 Å². The lowest BCUT2D eigenvalue weighted by Gasteiger charge is -2.38. The molecule has 1 spiro atoms. The Balaban J connectivity index is 0.00000147. The number of ether oxygens (including phenoxy) is 1. The molecule has 3 heterocycles. The van der Waals surface area contributed by atoms with Crippen LogP contribution in [0.15, 0.2) is 0 Å². The van der Waals surface area contributed by atoms with E-state index in [1.807, 2.05) is 4.90 Å². The number of halogens is 1. The van der Waals surface area contributed by atoms with Gasteiger partial charge in [-0.1, -0.05) is 0 Å². The van der Waals surface area contributed by atoms with E-state index in [1.54, 1.807) is 0 Å². The highest BCUT2D eigenvalue weighted by molar-refractivity contribution is 5.85. The maximum atomic E-state index is 12.0. The number of carbonyl (C=O) groups is 1. The van der Waals surface area contributed by atoms with E-state index in [0.717, 1.165) is 71.6 Å². The lowest BCUT2D eigenvalue weighted by atomic mass is 9.72. The molecule has 5 nitrogen and oxygen atoms in total. The topological polar surface area (TPSA) is 53.6 Å². The van der Waals surface area contributed by atoms with Crippen LogP contribution in [0.25, 0.3) is 0 Å². The predicted molar refractivity (Wildman–Crippen MR) is 80.3 cm³/mol. The van der Waals surface area contributed by atoms with Gasteiger partial charge in [0.25, 0.3) is 0 Å². The highest BCUT2D eigenvalue weighted by Gasteiger charge is 2.43. The van der Waals surface area contributed by atoms with Crippen LogP contribution >= 0.6 is 12.4 Å². The van der Waals surface area contributed by atoms with Crippen LogP contribution in [0.1, 0.15) is 25.7 Å².